The van der Waals surface area contributed by atoms with E-state index in [2.05, 4.69) is 11.7 Å². The number of carbonyl (C=O) groups is 3. The maximum Gasteiger partial charge on any atom is 2.00 e. The summed E-state index contributed by atoms with van der Waals surface area (Å²) in [6.45, 7) is 4.81. The van der Waals surface area contributed by atoms with Crippen LogP contribution in [-0.4, -0.2) is 67.9 Å². The number of aliphatic carboxylic acids is 1. The summed E-state index contributed by atoms with van der Waals surface area (Å²) >= 11 is 0. The first-order chi connectivity index (χ1) is 14.4. The first kappa shape index (κ1) is 32.8. The molecular formula is C24H43CaO6+. The molecule has 6 nitrogen and oxygen atoms in total. The van der Waals surface area contributed by atoms with Gasteiger partial charge in [-0.25, -0.2) is 4.79 Å². The van der Waals surface area contributed by atoms with Crippen LogP contribution in [-0.2, 0) is 23.9 Å². The summed E-state index contributed by atoms with van der Waals surface area (Å²) in [7, 11) is 0. The molecule has 0 rings (SSSR count). The normalized spacial score (nSPS) is 12.5. The molecule has 0 spiro atoms. The second kappa shape index (κ2) is 22.8. The first-order valence-corrected chi connectivity index (χ1v) is 12.0. The zero-order chi connectivity index (χ0) is 22.6. The van der Waals surface area contributed by atoms with Crippen molar-refractivity contribution in [2.75, 3.05) is 0 Å². The minimum Gasteiger partial charge on any atom is -0.546 e. The molecule has 0 aliphatic rings. The Bertz CT molecular complexity index is 469. The average molecular weight is 468 g/mol. The Labute approximate surface area is 219 Å². The van der Waals surface area contributed by atoms with Gasteiger partial charge in [-0.15, -0.1) is 0 Å². The van der Waals surface area contributed by atoms with Gasteiger partial charge in [0.05, 0.1) is 5.97 Å². The van der Waals surface area contributed by atoms with Crippen LogP contribution in [0.5, 0.6) is 0 Å². The molecule has 7 heteroatoms. The molecule has 0 aliphatic carbocycles. The van der Waals surface area contributed by atoms with E-state index in [0.717, 1.165) is 19.3 Å². The Balaban J connectivity index is 0. The van der Waals surface area contributed by atoms with Crippen molar-refractivity contribution < 1.29 is 29.0 Å². The van der Waals surface area contributed by atoms with Crippen LogP contribution in [0.3, 0.4) is 0 Å². The monoisotopic (exact) mass is 467 g/mol. The number of rotatable bonds is 20. The van der Waals surface area contributed by atoms with Crippen LogP contribution in [0.2, 0.25) is 0 Å². The summed E-state index contributed by atoms with van der Waals surface area (Å²) < 4.78 is 9.61. The molecule has 0 saturated heterocycles. The maximum absolute atomic E-state index is 11.8. The molecule has 0 saturated carbocycles. The van der Waals surface area contributed by atoms with Crippen LogP contribution in [0.15, 0.2) is 0 Å². The smallest absolute Gasteiger partial charge is 0.546 e. The van der Waals surface area contributed by atoms with Crippen LogP contribution < -0.4 is 5.11 Å². The summed E-state index contributed by atoms with van der Waals surface area (Å²) in [4.78, 5) is 33.9. The van der Waals surface area contributed by atoms with Crippen LogP contribution in [0.25, 0.3) is 0 Å². The van der Waals surface area contributed by atoms with Crippen LogP contribution in [0.4, 0.5) is 0 Å². The van der Waals surface area contributed by atoms with E-state index in [1.54, 1.807) is 0 Å². The molecule has 31 heavy (non-hydrogen) atoms. The Morgan fingerprint density at radius 2 is 1.03 bits per heavy atom. The number of carboxylic acid groups (broad SMARTS) is 1. The first-order valence-electron chi connectivity index (χ1n) is 12.0. The Morgan fingerprint density at radius 3 is 1.42 bits per heavy atom. The third-order valence-electron chi connectivity index (χ3n) is 5.25. The van der Waals surface area contributed by atoms with Crippen LogP contribution in [0, 0.1) is 0 Å². The number of esters is 2. The number of carboxylic acids is 1. The molecule has 0 aromatic heterocycles. The molecule has 0 aromatic carbocycles. The van der Waals surface area contributed by atoms with E-state index in [4.69, 9.17) is 4.74 Å². The number of hydrogen-bond acceptors (Lipinski definition) is 6. The van der Waals surface area contributed by atoms with E-state index in [1.165, 1.54) is 90.9 Å². The predicted octanol–water partition coefficient (Wildman–Crippen LogP) is 4.48. The van der Waals surface area contributed by atoms with Gasteiger partial charge < -0.3 is 19.4 Å². The topological polar surface area (TPSA) is 92.7 Å². The molecule has 0 aromatic rings. The largest absolute Gasteiger partial charge is 2.00 e. The number of carbonyl (C=O) groups excluding carboxylic acids is 3. The third kappa shape index (κ3) is 21.3. The average Bonchev–Trinajstić information content (AvgIpc) is 2.70. The predicted molar refractivity (Wildman–Crippen MR) is 121 cm³/mol. The van der Waals surface area contributed by atoms with Gasteiger partial charge in [-0.1, -0.05) is 96.8 Å². The second-order valence-corrected chi connectivity index (χ2v) is 8.23. The summed E-state index contributed by atoms with van der Waals surface area (Å²) in [5.41, 5.74) is 0. The van der Waals surface area contributed by atoms with E-state index in [-0.39, 0.29) is 44.2 Å². The molecule has 176 valence electrons. The molecular weight excluding hydrogens is 424 g/mol. The number of ether oxygens (including phenoxy) is 2. The summed E-state index contributed by atoms with van der Waals surface area (Å²) in [6.07, 6.45) is 16.6. The molecule has 0 fully saturated rings. The van der Waals surface area contributed by atoms with Crippen LogP contribution in [0.1, 0.15) is 124 Å². The molecule has 0 radical (unpaired) electrons. The van der Waals surface area contributed by atoms with Gasteiger partial charge in [0.1, 0.15) is 6.10 Å². The molecule has 0 N–H and O–H groups in total. The molecule has 0 amide bonds. The van der Waals surface area contributed by atoms with Crippen molar-refractivity contribution in [3.8, 4) is 0 Å². The van der Waals surface area contributed by atoms with Crippen molar-refractivity contribution in [2.24, 2.45) is 0 Å². The molecule has 2 atom stereocenters. The Kier molecular flexibility index (Phi) is 24.2. The van der Waals surface area contributed by atoms with Crippen LogP contribution >= 0.6 is 0 Å². The van der Waals surface area contributed by atoms with Gasteiger partial charge >= 0.3 is 49.7 Å². The van der Waals surface area contributed by atoms with Gasteiger partial charge in [-0.2, -0.15) is 0 Å². The Morgan fingerprint density at radius 1 is 0.645 bits per heavy atom. The van der Waals surface area contributed by atoms with E-state index in [0.29, 0.717) is 0 Å². The molecule has 2 unspecified atom stereocenters. The third-order valence-corrected chi connectivity index (χ3v) is 5.25. The maximum atomic E-state index is 11.8. The Hall–Kier alpha value is -0.330. The fraction of sp³-hybridized carbons (Fsp3) is 0.875. The zero-order valence-corrected chi connectivity index (χ0v) is 22.3. The zero-order valence-electron chi connectivity index (χ0n) is 20.1. The van der Waals surface area contributed by atoms with Gasteiger partial charge in [-0.3, -0.25) is 4.79 Å². The quantitative estimate of drug-likeness (QED) is 0.149. The van der Waals surface area contributed by atoms with Crippen molar-refractivity contribution in [3.05, 3.63) is 0 Å². The van der Waals surface area contributed by atoms with E-state index in [9.17, 15) is 19.5 Å². The second-order valence-electron chi connectivity index (χ2n) is 8.23. The SMILES string of the molecule is CCCCCCCCCCCCCCCCCC(=O)OC(C)C(=O)OC(C)C(=O)[O-].[Ca+2]. The van der Waals surface area contributed by atoms with Crippen molar-refractivity contribution in [1.82, 2.24) is 0 Å². The van der Waals surface area contributed by atoms with Gasteiger partial charge in [0.2, 0.25) is 0 Å². The summed E-state index contributed by atoms with van der Waals surface area (Å²) in [6, 6.07) is 0. The van der Waals surface area contributed by atoms with E-state index < -0.39 is 30.1 Å². The van der Waals surface area contributed by atoms with Crippen molar-refractivity contribution in [1.29, 1.82) is 0 Å². The van der Waals surface area contributed by atoms with Crippen molar-refractivity contribution in [3.63, 3.8) is 0 Å². The standard InChI is InChI=1S/C24H44O6.Ca/c1-4-5-6-7-8-9-10-11-12-13-14-15-16-17-18-19-22(25)29-21(3)24(28)30-20(2)23(26)27;/h20-21H,4-19H2,1-3H3,(H,26,27);/q;+2/p-1. The fourth-order valence-corrected chi connectivity index (χ4v) is 3.26. The minimum atomic E-state index is -1.49. The summed E-state index contributed by atoms with van der Waals surface area (Å²) in [5, 5.41) is 10.6. The van der Waals surface area contributed by atoms with Gasteiger partial charge in [0.25, 0.3) is 0 Å². The van der Waals surface area contributed by atoms with Gasteiger partial charge in [0.15, 0.2) is 6.10 Å². The van der Waals surface area contributed by atoms with Crippen molar-refractivity contribution in [2.45, 2.75) is 136 Å². The number of unbranched alkanes of at least 4 members (excludes halogenated alkanes) is 14. The summed E-state index contributed by atoms with van der Waals surface area (Å²) in [5.74, 6) is -2.83. The van der Waals surface area contributed by atoms with Crippen molar-refractivity contribution >= 4 is 55.6 Å². The number of hydrogen-bond donors (Lipinski definition) is 0. The molecule has 0 bridgehead atoms. The van der Waals surface area contributed by atoms with Gasteiger partial charge in [-0.05, 0) is 20.3 Å². The van der Waals surface area contributed by atoms with Gasteiger partial charge in [0, 0.05) is 6.42 Å². The molecule has 0 aliphatic heterocycles. The fourth-order valence-electron chi connectivity index (χ4n) is 3.26. The van der Waals surface area contributed by atoms with E-state index in [1.807, 2.05) is 0 Å². The van der Waals surface area contributed by atoms with E-state index >= 15 is 0 Å². The molecule has 0 heterocycles. The minimum absolute atomic E-state index is 0.